The molecule has 0 saturated carbocycles. The summed E-state index contributed by atoms with van der Waals surface area (Å²) in [6, 6.07) is 19.3. The van der Waals surface area contributed by atoms with Crippen LogP contribution in [0, 0.1) is 6.92 Å². The Kier molecular flexibility index (Phi) is 7.66. The van der Waals surface area contributed by atoms with E-state index in [4.69, 9.17) is 14.4 Å². The van der Waals surface area contributed by atoms with Gasteiger partial charge in [0.05, 0.1) is 24.1 Å². The average molecular weight is 524 g/mol. The molecule has 0 aliphatic carbocycles. The first kappa shape index (κ1) is 26.7. The predicted octanol–water partition coefficient (Wildman–Crippen LogP) is 6.81. The van der Waals surface area contributed by atoms with Crippen LogP contribution in [0.5, 0.6) is 0 Å². The predicted molar refractivity (Wildman–Crippen MR) is 133 cm³/mol. The van der Waals surface area contributed by atoms with Gasteiger partial charge in [-0.25, -0.2) is 0 Å². The fraction of sp³-hybridized carbons (Fsp3) is 0.207. The van der Waals surface area contributed by atoms with E-state index < -0.39 is 29.8 Å². The van der Waals surface area contributed by atoms with Crippen molar-refractivity contribution < 1.29 is 37.1 Å². The summed E-state index contributed by atoms with van der Waals surface area (Å²) < 4.78 is 50.0. The molecule has 1 unspecified atom stereocenters. The zero-order chi connectivity index (χ0) is 27.4. The van der Waals surface area contributed by atoms with E-state index in [-0.39, 0.29) is 18.4 Å². The highest BCUT2D eigenvalue weighted by molar-refractivity contribution is 5.78. The van der Waals surface area contributed by atoms with Gasteiger partial charge in [-0.15, -0.1) is 0 Å². The number of rotatable bonds is 8. The summed E-state index contributed by atoms with van der Waals surface area (Å²) in [7, 11) is 0. The number of aryl methyl sites for hydroxylation is 1. The lowest BCUT2D eigenvalue weighted by molar-refractivity contribution is -0.147. The Morgan fingerprint density at radius 3 is 2.16 bits per heavy atom. The Morgan fingerprint density at radius 2 is 1.55 bits per heavy atom. The molecule has 0 amide bonds. The first-order valence-electron chi connectivity index (χ1n) is 11.7. The van der Waals surface area contributed by atoms with Crippen LogP contribution in [0.25, 0.3) is 22.5 Å². The number of carboxylic acid groups (broad SMARTS) is 1. The molecule has 1 atom stereocenters. The van der Waals surface area contributed by atoms with Gasteiger partial charge in [0.2, 0.25) is 0 Å². The molecule has 3 aromatic carbocycles. The van der Waals surface area contributed by atoms with E-state index in [2.05, 4.69) is 5.16 Å². The van der Waals surface area contributed by atoms with E-state index in [1.807, 2.05) is 36.4 Å². The lowest BCUT2D eigenvalue weighted by Gasteiger charge is -2.15. The molecule has 4 aromatic rings. The van der Waals surface area contributed by atoms with E-state index in [0.29, 0.717) is 28.1 Å². The van der Waals surface area contributed by atoms with Crippen molar-refractivity contribution in [1.29, 1.82) is 0 Å². The highest BCUT2D eigenvalue weighted by Crippen LogP contribution is 2.32. The van der Waals surface area contributed by atoms with Gasteiger partial charge in [-0.3, -0.25) is 9.59 Å². The second-order valence-electron chi connectivity index (χ2n) is 8.85. The SMILES string of the molecule is Cc1noc(-c2ccc(-c3ccc(CC(=O)O)cc3)cc2)c1CC(=O)OC(C)c1cccc(C(F)(F)F)c1. The molecule has 38 heavy (non-hydrogen) atoms. The third-order valence-corrected chi connectivity index (χ3v) is 6.09. The molecule has 196 valence electrons. The summed E-state index contributed by atoms with van der Waals surface area (Å²) in [6.07, 6.45) is -5.59. The lowest BCUT2D eigenvalue weighted by atomic mass is 9.99. The standard InChI is InChI=1S/C29H24F3NO5/c1-17-25(16-27(36)37-18(2)23-4-3-5-24(15-23)29(30,31)32)28(38-33-17)22-12-10-21(11-13-22)20-8-6-19(7-9-20)14-26(34)35/h3-13,15,18H,14,16H2,1-2H3,(H,34,35). The fourth-order valence-electron chi connectivity index (χ4n) is 4.05. The molecule has 0 bridgehead atoms. The summed E-state index contributed by atoms with van der Waals surface area (Å²) in [5.41, 5.74) is 3.66. The molecule has 0 aliphatic rings. The van der Waals surface area contributed by atoms with Crippen molar-refractivity contribution in [3.05, 3.63) is 101 Å². The van der Waals surface area contributed by atoms with Gasteiger partial charge in [-0.2, -0.15) is 13.2 Å². The van der Waals surface area contributed by atoms with Gasteiger partial charge in [0.15, 0.2) is 5.76 Å². The summed E-state index contributed by atoms with van der Waals surface area (Å²) in [6.45, 7) is 3.21. The van der Waals surface area contributed by atoms with E-state index >= 15 is 0 Å². The Balaban J connectivity index is 1.47. The maximum absolute atomic E-state index is 13.0. The number of hydrogen-bond acceptors (Lipinski definition) is 5. The molecular weight excluding hydrogens is 499 g/mol. The number of aliphatic carboxylic acids is 1. The Bertz CT molecular complexity index is 1440. The maximum Gasteiger partial charge on any atom is 0.416 e. The van der Waals surface area contributed by atoms with Gasteiger partial charge in [0.25, 0.3) is 0 Å². The minimum absolute atomic E-state index is 0.0476. The lowest BCUT2D eigenvalue weighted by Crippen LogP contribution is -2.13. The molecule has 0 fully saturated rings. The van der Waals surface area contributed by atoms with Crippen molar-refractivity contribution in [2.24, 2.45) is 0 Å². The number of carbonyl (C=O) groups is 2. The largest absolute Gasteiger partial charge is 0.481 e. The third-order valence-electron chi connectivity index (χ3n) is 6.09. The number of alkyl halides is 3. The molecule has 9 heteroatoms. The highest BCUT2D eigenvalue weighted by Gasteiger charge is 2.31. The zero-order valence-electron chi connectivity index (χ0n) is 20.6. The number of nitrogens with zero attached hydrogens (tertiary/aromatic N) is 1. The van der Waals surface area contributed by atoms with Crippen LogP contribution in [0.4, 0.5) is 13.2 Å². The van der Waals surface area contributed by atoms with Crippen LogP contribution in [-0.2, 0) is 33.3 Å². The van der Waals surface area contributed by atoms with Gasteiger partial charge >= 0.3 is 18.1 Å². The van der Waals surface area contributed by atoms with Crippen molar-refractivity contribution >= 4 is 11.9 Å². The molecule has 1 N–H and O–H groups in total. The molecule has 0 spiro atoms. The molecule has 1 heterocycles. The fourth-order valence-corrected chi connectivity index (χ4v) is 4.05. The smallest absolute Gasteiger partial charge is 0.416 e. The average Bonchev–Trinajstić information content (AvgIpc) is 3.23. The molecule has 0 aliphatic heterocycles. The minimum atomic E-state index is -4.49. The summed E-state index contributed by atoms with van der Waals surface area (Å²) in [4.78, 5) is 23.6. The quantitative estimate of drug-likeness (QED) is 0.255. The van der Waals surface area contributed by atoms with Gasteiger partial charge in [0.1, 0.15) is 6.10 Å². The molecule has 6 nitrogen and oxygen atoms in total. The van der Waals surface area contributed by atoms with Gasteiger partial charge in [-0.05, 0) is 48.2 Å². The first-order chi connectivity index (χ1) is 18.0. The first-order valence-corrected chi connectivity index (χ1v) is 11.7. The number of carbonyl (C=O) groups excluding carboxylic acids is 1. The topological polar surface area (TPSA) is 89.6 Å². The second-order valence-corrected chi connectivity index (χ2v) is 8.85. The maximum atomic E-state index is 13.0. The van der Waals surface area contributed by atoms with Crippen molar-refractivity contribution in [2.45, 2.75) is 39.0 Å². The van der Waals surface area contributed by atoms with Crippen LogP contribution >= 0.6 is 0 Å². The van der Waals surface area contributed by atoms with Crippen molar-refractivity contribution in [3.8, 4) is 22.5 Å². The number of hydrogen-bond donors (Lipinski definition) is 1. The normalized spacial score (nSPS) is 12.2. The summed E-state index contributed by atoms with van der Waals surface area (Å²) in [5, 5.41) is 12.9. The van der Waals surface area contributed by atoms with E-state index in [1.54, 1.807) is 19.1 Å². The number of aromatic nitrogens is 1. The van der Waals surface area contributed by atoms with Crippen LogP contribution in [-0.4, -0.2) is 22.2 Å². The number of halogens is 3. The minimum Gasteiger partial charge on any atom is -0.481 e. The van der Waals surface area contributed by atoms with Gasteiger partial charge < -0.3 is 14.4 Å². The number of ether oxygens (including phenoxy) is 1. The molecule has 4 rings (SSSR count). The molecule has 0 saturated heterocycles. The summed E-state index contributed by atoms with van der Waals surface area (Å²) in [5.74, 6) is -1.12. The van der Waals surface area contributed by atoms with E-state index in [1.165, 1.54) is 19.1 Å². The highest BCUT2D eigenvalue weighted by atomic mass is 19.4. The van der Waals surface area contributed by atoms with Gasteiger partial charge in [-0.1, -0.05) is 65.8 Å². The molecular formula is C29H24F3NO5. The number of carboxylic acids is 1. The van der Waals surface area contributed by atoms with Gasteiger partial charge in [0, 0.05) is 11.1 Å². The Hall–Kier alpha value is -4.40. The molecule has 0 radical (unpaired) electrons. The van der Waals surface area contributed by atoms with E-state index in [9.17, 15) is 22.8 Å². The van der Waals surface area contributed by atoms with Crippen molar-refractivity contribution in [2.75, 3.05) is 0 Å². The van der Waals surface area contributed by atoms with E-state index in [0.717, 1.165) is 23.3 Å². The second kappa shape index (κ2) is 10.9. The third kappa shape index (κ3) is 6.29. The molecule has 1 aromatic heterocycles. The Labute approximate surface area is 216 Å². The van der Waals surface area contributed by atoms with Crippen LogP contribution in [0.2, 0.25) is 0 Å². The van der Waals surface area contributed by atoms with Crippen LogP contribution in [0.15, 0.2) is 77.3 Å². The number of benzene rings is 3. The Morgan fingerprint density at radius 1 is 0.947 bits per heavy atom. The van der Waals surface area contributed by atoms with Crippen molar-refractivity contribution in [3.63, 3.8) is 0 Å². The van der Waals surface area contributed by atoms with Crippen molar-refractivity contribution in [1.82, 2.24) is 5.16 Å². The summed E-state index contributed by atoms with van der Waals surface area (Å²) >= 11 is 0. The monoisotopic (exact) mass is 523 g/mol. The van der Waals surface area contributed by atoms with Crippen LogP contribution in [0.1, 0.15) is 41.0 Å². The number of esters is 1. The zero-order valence-corrected chi connectivity index (χ0v) is 20.6. The van der Waals surface area contributed by atoms with Crippen LogP contribution < -0.4 is 0 Å². The van der Waals surface area contributed by atoms with Crippen LogP contribution in [0.3, 0.4) is 0 Å².